The molecule has 20 heavy (non-hydrogen) atoms. The Labute approximate surface area is 121 Å². The number of nitrogens with one attached hydrogen (secondary N) is 2. The lowest BCUT2D eigenvalue weighted by atomic mass is 10.0. The van der Waals surface area contributed by atoms with Crippen molar-refractivity contribution in [3.05, 3.63) is 11.4 Å². The maximum absolute atomic E-state index is 5.60. The van der Waals surface area contributed by atoms with Gasteiger partial charge in [-0.15, -0.1) is 0 Å². The van der Waals surface area contributed by atoms with Crippen LogP contribution in [0.5, 0.6) is 0 Å². The van der Waals surface area contributed by atoms with Crippen LogP contribution in [0.25, 0.3) is 0 Å². The lowest BCUT2D eigenvalue weighted by Crippen LogP contribution is -2.33. The largest absolute Gasteiger partial charge is 0.378 e. The summed E-state index contributed by atoms with van der Waals surface area (Å²) in [6.45, 7) is 10.1. The van der Waals surface area contributed by atoms with Crippen LogP contribution in [0.15, 0.2) is 0 Å². The zero-order valence-corrected chi connectivity index (χ0v) is 13.0. The zero-order valence-electron chi connectivity index (χ0n) is 13.0. The standard InChI is InChI=1S/C15H26N4O/c1-5-13-18-14(16-6-2)11(4)15(19-13)17-12-7-8-20-10(3)9-12/h10,12H,5-9H2,1-4H3,(H2,16,17,18,19). The Morgan fingerprint density at radius 3 is 2.65 bits per heavy atom. The number of hydrogen-bond acceptors (Lipinski definition) is 5. The lowest BCUT2D eigenvalue weighted by Gasteiger charge is -2.29. The SMILES string of the molecule is CCNc1nc(CC)nc(NC2CCOC(C)C2)c1C. The molecule has 1 aromatic rings. The number of rotatable bonds is 5. The lowest BCUT2D eigenvalue weighted by molar-refractivity contribution is 0.0231. The summed E-state index contributed by atoms with van der Waals surface area (Å²) in [6, 6.07) is 0.437. The van der Waals surface area contributed by atoms with E-state index in [1.165, 1.54) is 0 Å². The van der Waals surface area contributed by atoms with Crippen molar-refractivity contribution in [2.75, 3.05) is 23.8 Å². The average Bonchev–Trinajstić information content (AvgIpc) is 2.43. The van der Waals surface area contributed by atoms with E-state index in [0.29, 0.717) is 12.1 Å². The summed E-state index contributed by atoms with van der Waals surface area (Å²) in [6.07, 6.45) is 3.23. The molecule has 0 radical (unpaired) electrons. The van der Waals surface area contributed by atoms with Crippen molar-refractivity contribution in [1.29, 1.82) is 0 Å². The smallest absolute Gasteiger partial charge is 0.134 e. The van der Waals surface area contributed by atoms with Crippen LogP contribution in [0.3, 0.4) is 0 Å². The third-order valence-electron chi connectivity index (χ3n) is 3.68. The van der Waals surface area contributed by atoms with Gasteiger partial charge in [0.15, 0.2) is 0 Å². The van der Waals surface area contributed by atoms with Crippen molar-refractivity contribution >= 4 is 11.6 Å². The second-order valence-corrected chi connectivity index (χ2v) is 5.39. The molecule has 2 rings (SSSR count). The van der Waals surface area contributed by atoms with Crippen LogP contribution in [0.1, 0.15) is 45.0 Å². The van der Waals surface area contributed by atoms with Gasteiger partial charge >= 0.3 is 0 Å². The first-order chi connectivity index (χ1) is 9.63. The first kappa shape index (κ1) is 15.0. The second-order valence-electron chi connectivity index (χ2n) is 5.39. The van der Waals surface area contributed by atoms with E-state index in [2.05, 4.69) is 48.3 Å². The quantitative estimate of drug-likeness (QED) is 0.867. The number of nitrogens with zero attached hydrogens (tertiary/aromatic N) is 2. The highest BCUT2D eigenvalue weighted by molar-refractivity contribution is 5.57. The van der Waals surface area contributed by atoms with Gasteiger partial charge in [0.1, 0.15) is 17.5 Å². The summed E-state index contributed by atoms with van der Waals surface area (Å²) < 4.78 is 5.60. The van der Waals surface area contributed by atoms with Crippen molar-refractivity contribution in [3.63, 3.8) is 0 Å². The van der Waals surface area contributed by atoms with Gasteiger partial charge in [0, 0.05) is 31.2 Å². The van der Waals surface area contributed by atoms with Crippen LogP contribution in [-0.2, 0) is 11.2 Å². The highest BCUT2D eigenvalue weighted by Crippen LogP contribution is 2.24. The van der Waals surface area contributed by atoms with E-state index in [1.54, 1.807) is 0 Å². The molecular weight excluding hydrogens is 252 g/mol. The molecule has 1 saturated heterocycles. The Morgan fingerprint density at radius 1 is 1.25 bits per heavy atom. The second kappa shape index (κ2) is 6.88. The van der Waals surface area contributed by atoms with Crippen molar-refractivity contribution in [3.8, 4) is 0 Å². The fourth-order valence-electron chi connectivity index (χ4n) is 2.52. The normalized spacial score (nSPS) is 22.6. The molecule has 0 bridgehead atoms. The van der Waals surface area contributed by atoms with Crippen LogP contribution < -0.4 is 10.6 Å². The monoisotopic (exact) mass is 278 g/mol. The van der Waals surface area contributed by atoms with Crippen LogP contribution in [0, 0.1) is 6.92 Å². The fraction of sp³-hybridized carbons (Fsp3) is 0.733. The minimum absolute atomic E-state index is 0.322. The number of aryl methyl sites for hydroxylation is 1. The number of hydrogen-bond donors (Lipinski definition) is 2. The van der Waals surface area contributed by atoms with Crippen LogP contribution in [-0.4, -0.2) is 35.3 Å². The topological polar surface area (TPSA) is 59.1 Å². The molecule has 0 spiro atoms. The van der Waals surface area contributed by atoms with Crippen molar-refractivity contribution in [1.82, 2.24) is 9.97 Å². The van der Waals surface area contributed by atoms with Crippen LogP contribution in [0.4, 0.5) is 11.6 Å². The average molecular weight is 278 g/mol. The Bertz CT molecular complexity index is 450. The van der Waals surface area contributed by atoms with Gasteiger partial charge in [-0.2, -0.15) is 0 Å². The highest BCUT2D eigenvalue weighted by atomic mass is 16.5. The van der Waals surface area contributed by atoms with E-state index in [0.717, 1.165) is 55.4 Å². The van der Waals surface area contributed by atoms with Crippen molar-refractivity contribution in [2.24, 2.45) is 0 Å². The minimum Gasteiger partial charge on any atom is -0.378 e. The van der Waals surface area contributed by atoms with Gasteiger partial charge in [-0.1, -0.05) is 6.92 Å². The first-order valence-electron chi connectivity index (χ1n) is 7.63. The van der Waals surface area contributed by atoms with Gasteiger partial charge in [-0.05, 0) is 33.6 Å². The molecule has 2 unspecified atom stereocenters. The first-order valence-corrected chi connectivity index (χ1v) is 7.63. The summed E-state index contributed by atoms with van der Waals surface area (Å²) in [5.41, 5.74) is 1.10. The van der Waals surface area contributed by atoms with Crippen molar-refractivity contribution < 1.29 is 4.74 Å². The van der Waals surface area contributed by atoms with Gasteiger partial charge in [-0.3, -0.25) is 0 Å². The van der Waals surface area contributed by atoms with E-state index in [4.69, 9.17) is 4.74 Å². The molecule has 112 valence electrons. The number of anilines is 2. The van der Waals surface area contributed by atoms with Gasteiger partial charge in [0.25, 0.3) is 0 Å². The molecule has 1 aliphatic rings. The molecule has 1 aliphatic heterocycles. The molecule has 5 heteroatoms. The van der Waals surface area contributed by atoms with Gasteiger partial charge in [0.2, 0.25) is 0 Å². The number of aromatic nitrogens is 2. The Hall–Kier alpha value is -1.36. The molecule has 0 aromatic carbocycles. The third-order valence-corrected chi connectivity index (χ3v) is 3.68. The zero-order chi connectivity index (χ0) is 14.5. The molecule has 5 nitrogen and oxygen atoms in total. The summed E-state index contributed by atoms with van der Waals surface area (Å²) in [5.74, 6) is 2.79. The Kier molecular flexibility index (Phi) is 5.17. The fourth-order valence-corrected chi connectivity index (χ4v) is 2.52. The van der Waals surface area contributed by atoms with Gasteiger partial charge in [0.05, 0.1) is 6.10 Å². The Morgan fingerprint density at radius 2 is 2.00 bits per heavy atom. The molecule has 1 fully saturated rings. The van der Waals surface area contributed by atoms with E-state index < -0.39 is 0 Å². The van der Waals surface area contributed by atoms with Crippen LogP contribution >= 0.6 is 0 Å². The predicted molar refractivity (Wildman–Crippen MR) is 82.4 cm³/mol. The maximum Gasteiger partial charge on any atom is 0.134 e. The van der Waals surface area contributed by atoms with Gasteiger partial charge in [-0.25, -0.2) is 9.97 Å². The van der Waals surface area contributed by atoms with Gasteiger partial charge < -0.3 is 15.4 Å². The number of ether oxygens (including phenoxy) is 1. The van der Waals surface area contributed by atoms with Crippen molar-refractivity contribution in [2.45, 2.75) is 59.1 Å². The predicted octanol–water partition coefficient (Wildman–Crippen LogP) is 2.76. The molecule has 0 amide bonds. The summed E-state index contributed by atoms with van der Waals surface area (Å²) >= 11 is 0. The summed E-state index contributed by atoms with van der Waals surface area (Å²) in [5, 5.41) is 6.90. The Balaban J connectivity index is 2.18. The molecule has 0 saturated carbocycles. The molecule has 2 N–H and O–H groups in total. The third kappa shape index (κ3) is 3.60. The van der Waals surface area contributed by atoms with E-state index in [9.17, 15) is 0 Å². The molecule has 2 atom stereocenters. The van der Waals surface area contributed by atoms with E-state index in [-0.39, 0.29) is 0 Å². The highest BCUT2D eigenvalue weighted by Gasteiger charge is 2.21. The molecule has 2 heterocycles. The van der Waals surface area contributed by atoms with E-state index >= 15 is 0 Å². The van der Waals surface area contributed by atoms with E-state index in [1.807, 2.05) is 0 Å². The summed E-state index contributed by atoms with van der Waals surface area (Å²) in [4.78, 5) is 9.21. The summed E-state index contributed by atoms with van der Waals surface area (Å²) in [7, 11) is 0. The molecular formula is C15H26N4O. The molecule has 0 aliphatic carbocycles. The molecule has 1 aromatic heterocycles. The minimum atomic E-state index is 0.322. The van der Waals surface area contributed by atoms with Crippen LogP contribution in [0.2, 0.25) is 0 Å². The maximum atomic E-state index is 5.60.